The first kappa shape index (κ1) is 23.1. The van der Waals surface area contributed by atoms with Gasteiger partial charge in [0.2, 0.25) is 12.1 Å². The number of nitrogens with one attached hydrogen (secondary N) is 1. The zero-order valence-electron chi connectivity index (χ0n) is 19.8. The van der Waals surface area contributed by atoms with Crippen LogP contribution in [-0.2, 0) is 16.0 Å². The molecule has 4 aromatic rings. The Hall–Kier alpha value is -4.71. The molecule has 0 bridgehead atoms. The van der Waals surface area contributed by atoms with Crippen molar-refractivity contribution < 1.29 is 14.3 Å². The summed E-state index contributed by atoms with van der Waals surface area (Å²) in [6, 6.07) is 34.1. The van der Waals surface area contributed by atoms with E-state index in [4.69, 9.17) is 9.73 Å². The van der Waals surface area contributed by atoms with Crippen molar-refractivity contribution in [2.45, 2.75) is 12.6 Å². The standard InChI is InChI=1S/C30H25N3O3/c1-33-26-15-9-8-14-25(26)28(22-10-4-2-5-11-22)32-29(30(33)35)31-27(34)20-21-16-18-24(19-17-21)36-23-12-6-3-7-13-23/h2-19,29H,20H2,1H3,(H,31,34). The molecule has 1 N–H and O–H groups in total. The monoisotopic (exact) mass is 475 g/mol. The van der Waals surface area contributed by atoms with Gasteiger partial charge in [0.1, 0.15) is 11.5 Å². The number of likely N-dealkylation sites (N-methyl/N-ethyl adjacent to an activating group) is 1. The van der Waals surface area contributed by atoms with Crippen molar-refractivity contribution in [3.8, 4) is 11.5 Å². The number of carbonyl (C=O) groups excluding carboxylic acids is 2. The van der Waals surface area contributed by atoms with Crippen LogP contribution in [0.3, 0.4) is 0 Å². The van der Waals surface area contributed by atoms with Crippen molar-refractivity contribution in [1.82, 2.24) is 5.32 Å². The van der Waals surface area contributed by atoms with E-state index in [9.17, 15) is 9.59 Å². The first-order chi connectivity index (χ1) is 17.6. The molecule has 0 saturated heterocycles. The Balaban J connectivity index is 1.34. The van der Waals surface area contributed by atoms with Crippen LogP contribution in [0.5, 0.6) is 11.5 Å². The summed E-state index contributed by atoms with van der Waals surface area (Å²) in [7, 11) is 1.70. The molecule has 5 rings (SSSR count). The average Bonchev–Trinajstić information content (AvgIpc) is 3.01. The number of anilines is 1. The molecule has 1 atom stereocenters. The lowest BCUT2D eigenvalue weighted by Gasteiger charge is -2.20. The summed E-state index contributed by atoms with van der Waals surface area (Å²) < 4.78 is 5.82. The lowest BCUT2D eigenvalue weighted by atomic mass is 10.0. The Morgan fingerprint density at radius 3 is 2.17 bits per heavy atom. The van der Waals surface area contributed by atoms with E-state index < -0.39 is 6.17 Å². The van der Waals surface area contributed by atoms with E-state index in [-0.39, 0.29) is 18.2 Å². The highest BCUT2D eigenvalue weighted by atomic mass is 16.5. The topological polar surface area (TPSA) is 71.0 Å². The van der Waals surface area contributed by atoms with Crippen LogP contribution in [0.25, 0.3) is 0 Å². The minimum Gasteiger partial charge on any atom is -0.457 e. The number of carbonyl (C=O) groups is 2. The summed E-state index contributed by atoms with van der Waals surface area (Å²) in [4.78, 5) is 32.5. The van der Waals surface area contributed by atoms with Crippen LogP contribution in [0.1, 0.15) is 16.7 Å². The number of aliphatic imine (C=N–C) groups is 1. The normalized spacial score (nSPS) is 14.9. The number of nitrogens with zero attached hydrogens (tertiary/aromatic N) is 2. The first-order valence-corrected chi connectivity index (χ1v) is 11.7. The Labute approximate surface area is 209 Å². The van der Waals surface area contributed by atoms with Gasteiger partial charge in [-0.15, -0.1) is 0 Å². The molecule has 0 saturated carbocycles. The number of ether oxygens (including phenoxy) is 1. The number of hydrogen-bond donors (Lipinski definition) is 1. The Morgan fingerprint density at radius 1 is 0.833 bits per heavy atom. The summed E-state index contributed by atoms with van der Waals surface area (Å²) >= 11 is 0. The number of fused-ring (bicyclic) bond motifs is 1. The number of hydrogen-bond acceptors (Lipinski definition) is 4. The predicted molar refractivity (Wildman–Crippen MR) is 141 cm³/mol. The molecule has 0 spiro atoms. The molecule has 1 heterocycles. The summed E-state index contributed by atoms with van der Waals surface area (Å²) in [5.74, 6) is 0.835. The summed E-state index contributed by atoms with van der Waals surface area (Å²) in [5, 5.41) is 2.83. The lowest BCUT2D eigenvalue weighted by molar-refractivity contribution is -0.126. The molecule has 36 heavy (non-hydrogen) atoms. The zero-order valence-corrected chi connectivity index (χ0v) is 19.8. The van der Waals surface area contributed by atoms with E-state index in [1.54, 1.807) is 11.9 Å². The largest absolute Gasteiger partial charge is 0.457 e. The van der Waals surface area contributed by atoms with Crippen LogP contribution in [0.15, 0.2) is 114 Å². The van der Waals surface area contributed by atoms with Gasteiger partial charge in [-0.2, -0.15) is 0 Å². The highest BCUT2D eigenvalue weighted by Crippen LogP contribution is 2.27. The highest BCUT2D eigenvalue weighted by Gasteiger charge is 2.30. The number of benzene rings is 4. The van der Waals surface area contributed by atoms with Crippen LogP contribution in [0, 0.1) is 0 Å². The molecule has 178 valence electrons. The summed E-state index contributed by atoms with van der Waals surface area (Å²) in [5.41, 5.74) is 3.93. The molecular weight excluding hydrogens is 450 g/mol. The molecule has 0 radical (unpaired) electrons. The number of para-hydroxylation sites is 2. The van der Waals surface area contributed by atoms with Gasteiger partial charge in [0.25, 0.3) is 5.91 Å². The quantitative estimate of drug-likeness (QED) is 0.428. The molecule has 0 fully saturated rings. The average molecular weight is 476 g/mol. The Morgan fingerprint density at radius 2 is 1.44 bits per heavy atom. The maximum absolute atomic E-state index is 13.3. The minimum atomic E-state index is -1.04. The number of benzodiazepines with no additional fused rings is 1. The van der Waals surface area contributed by atoms with Crippen molar-refractivity contribution in [2.75, 3.05) is 11.9 Å². The molecule has 1 unspecified atom stereocenters. The third kappa shape index (κ3) is 5.03. The second-order valence-electron chi connectivity index (χ2n) is 8.46. The highest BCUT2D eigenvalue weighted by molar-refractivity contribution is 6.20. The lowest BCUT2D eigenvalue weighted by Crippen LogP contribution is -2.46. The number of amides is 2. The van der Waals surface area contributed by atoms with E-state index in [0.717, 1.165) is 28.1 Å². The van der Waals surface area contributed by atoms with Gasteiger partial charge in [0.15, 0.2) is 0 Å². The van der Waals surface area contributed by atoms with Crippen LogP contribution >= 0.6 is 0 Å². The van der Waals surface area contributed by atoms with Gasteiger partial charge in [-0.1, -0.05) is 78.9 Å². The first-order valence-electron chi connectivity index (χ1n) is 11.7. The van der Waals surface area contributed by atoms with E-state index >= 15 is 0 Å². The SMILES string of the molecule is CN1C(=O)C(NC(=O)Cc2ccc(Oc3ccccc3)cc2)N=C(c2ccccc2)c2ccccc21. The summed E-state index contributed by atoms with van der Waals surface area (Å²) in [6.07, 6.45) is -0.923. The fourth-order valence-corrected chi connectivity index (χ4v) is 4.13. The fourth-order valence-electron chi connectivity index (χ4n) is 4.13. The molecule has 2 amide bonds. The van der Waals surface area contributed by atoms with Gasteiger partial charge in [0, 0.05) is 18.2 Å². The second kappa shape index (κ2) is 10.3. The van der Waals surface area contributed by atoms with Crippen molar-refractivity contribution in [1.29, 1.82) is 0 Å². The molecule has 6 nitrogen and oxygen atoms in total. The van der Waals surface area contributed by atoms with Crippen LogP contribution in [0.4, 0.5) is 5.69 Å². The maximum Gasteiger partial charge on any atom is 0.272 e. The summed E-state index contributed by atoms with van der Waals surface area (Å²) in [6.45, 7) is 0. The van der Waals surface area contributed by atoms with Gasteiger partial charge < -0.3 is 15.0 Å². The van der Waals surface area contributed by atoms with Gasteiger partial charge in [-0.3, -0.25) is 9.59 Å². The number of rotatable bonds is 6. The van der Waals surface area contributed by atoms with Crippen LogP contribution in [0.2, 0.25) is 0 Å². The molecule has 4 aromatic carbocycles. The van der Waals surface area contributed by atoms with Crippen molar-refractivity contribution >= 4 is 23.2 Å². The third-order valence-electron chi connectivity index (χ3n) is 5.96. The van der Waals surface area contributed by atoms with E-state index in [2.05, 4.69) is 5.32 Å². The smallest absolute Gasteiger partial charge is 0.272 e. The minimum absolute atomic E-state index is 0.113. The van der Waals surface area contributed by atoms with E-state index in [1.165, 1.54) is 0 Å². The van der Waals surface area contributed by atoms with Gasteiger partial charge in [0.05, 0.1) is 17.8 Å². The van der Waals surface area contributed by atoms with Crippen molar-refractivity contribution in [3.63, 3.8) is 0 Å². The van der Waals surface area contributed by atoms with Gasteiger partial charge in [-0.25, -0.2) is 4.99 Å². The van der Waals surface area contributed by atoms with Crippen LogP contribution < -0.4 is 15.0 Å². The second-order valence-corrected chi connectivity index (χ2v) is 8.46. The molecule has 6 heteroatoms. The van der Waals surface area contributed by atoms with Gasteiger partial charge in [-0.05, 0) is 35.9 Å². The maximum atomic E-state index is 13.3. The fraction of sp³-hybridized carbons (Fsp3) is 0.100. The van der Waals surface area contributed by atoms with E-state index in [0.29, 0.717) is 11.5 Å². The Bertz CT molecular complexity index is 1400. The van der Waals surface area contributed by atoms with Crippen molar-refractivity contribution in [3.05, 3.63) is 126 Å². The Kier molecular flexibility index (Phi) is 6.58. The van der Waals surface area contributed by atoms with Crippen LogP contribution in [-0.4, -0.2) is 30.7 Å². The predicted octanol–water partition coefficient (Wildman–Crippen LogP) is 4.98. The molecule has 1 aliphatic rings. The third-order valence-corrected chi connectivity index (χ3v) is 5.96. The zero-order chi connectivity index (χ0) is 24.9. The molecular formula is C30H25N3O3. The van der Waals surface area contributed by atoms with E-state index in [1.807, 2.05) is 109 Å². The van der Waals surface area contributed by atoms with Gasteiger partial charge >= 0.3 is 0 Å². The molecule has 1 aliphatic heterocycles. The molecule has 0 aromatic heterocycles. The van der Waals surface area contributed by atoms with Crippen molar-refractivity contribution in [2.24, 2.45) is 4.99 Å². The molecule has 0 aliphatic carbocycles.